The van der Waals surface area contributed by atoms with Crippen LogP contribution in [0.5, 0.6) is 0 Å². The van der Waals surface area contributed by atoms with Crippen LogP contribution in [-0.4, -0.2) is 100 Å². The van der Waals surface area contributed by atoms with E-state index < -0.39 is 79.2 Å². The predicted molar refractivity (Wildman–Crippen MR) is 86.1 cm³/mol. The van der Waals surface area contributed by atoms with Gasteiger partial charge in [-0.15, -0.1) is 0 Å². The maximum atomic E-state index is 12.1. The number of carbonyl (C=O) groups excluding carboxylic acids is 1. The largest absolute Gasteiger partial charge is 0.471 e. The van der Waals surface area contributed by atoms with Crippen molar-refractivity contribution in [2.24, 2.45) is 11.8 Å². The molecule has 3 fully saturated rings. The number of epoxide rings is 1. The molecule has 0 aromatic carbocycles. The first-order valence-corrected chi connectivity index (χ1v) is 9.00. The molecular formula is C17H24O11. The first-order valence-electron chi connectivity index (χ1n) is 9.00. The monoisotopic (exact) mass is 404 g/mol. The van der Waals surface area contributed by atoms with E-state index in [0.717, 1.165) is 6.26 Å². The van der Waals surface area contributed by atoms with Gasteiger partial charge in [-0.05, 0) is 6.92 Å². The van der Waals surface area contributed by atoms with Crippen LogP contribution in [0.3, 0.4) is 0 Å². The Bertz CT molecular complexity index is 665. The zero-order valence-electron chi connectivity index (χ0n) is 15.2. The van der Waals surface area contributed by atoms with Crippen molar-refractivity contribution in [1.29, 1.82) is 0 Å². The molecule has 3 heterocycles. The van der Waals surface area contributed by atoms with Gasteiger partial charge in [-0.25, -0.2) is 4.79 Å². The Morgan fingerprint density at radius 1 is 1.14 bits per heavy atom. The third kappa shape index (κ3) is 2.77. The number of hydrogen-bond donors (Lipinski definition) is 5. The molecule has 0 amide bonds. The second-order valence-corrected chi connectivity index (χ2v) is 7.67. The maximum absolute atomic E-state index is 12.1. The smallest absolute Gasteiger partial charge is 0.337 e. The minimum Gasteiger partial charge on any atom is -0.471 e. The summed E-state index contributed by atoms with van der Waals surface area (Å²) in [6.07, 6.45) is -8.75. The number of hydrogen-bond acceptors (Lipinski definition) is 11. The number of rotatable bonds is 4. The molecule has 5 N–H and O–H groups in total. The van der Waals surface area contributed by atoms with Crippen molar-refractivity contribution in [3.05, 3.63) is 11.8 Å². The second-order valence-electron chi connectivity index (χ2n) is 7.67. The summed E-state index contributed by atoms with van der Waals surface area (Å²) in [6.45, 7) is 1.15. The molecule has 4 rings (SSSR count). The van der Waals surface area contributed by atoms with Gasteiger partial charge in [-0.2, -0.15) is 0 Å². The van der Waals surface area contributed by atoms with Gasteiger partial charge in [0.2, 0.25) is 6.29 Å². The van der Waals surface area contributed by atoms with Crippen LogP contribution in [0.15, 0.2) is 11.8 Å². The van der Waals surface area contributed by atoms with E-state index in [9.17, 15) is 30.3 Å². The SMILES string of the molecule is COC(=O)C1=COC(O[C@@H]2OC(CO)C(O)C(O)C2O)[C@@H]2[C@H]1C(O)C1O[C@@]12C. The van der Waals surface area contributed by atoms with Crippen molar-refractivity contribution in [3.63, 3.8) is 0 Å². The summed E-state index contributed by atoms with van der Waals surface area (Å²) in [6, 6.07) is 0. The van der Waals surface area contributed by atoms with Gasteiger partial charge in [-0.3, -0.25) is 0 Å². The number of fused-ring (bicyclic) bond motifs is 3. The van der Waals surface area contributed by atoms with Crippen molar-refractivity contribution in [2.75, 3.05) is 13.7 Å². The fourth-order valence-corrected chi connectivity index (χ4v) is 4.53. The first kappa shape index (κ1) is 20.0. The first-order chi connectivity index (χ1) is 13.2. The van der Waals surface area contributed by atoms with Gasteiger partial charge in [0.25, 0.3) is 0 Å². The molecule has 0 aromatic rings. The lowest BCUT2D eigenvalue weighted by molar-refractivity contribution is -0.344. The topological polar surface area (TPSA) is 168 Å². The van der Waals surface area contributed by atoms with Crippen LogP contribution in [0.4, 0.5) is 0 Å². The molecule has 2 saturated heterocycles. The Morgan fingerprint density at radius 3 is 2.50 bits per heavy atom. The van der Waals surface area contributed by atoms with Crippen molar-refractivity contribution in [3.8, 4) is 0 Å². The summed E-state index contributed by atoms with van der Waals surface area (Å²) in [4.78, 5) is 12.1. The highest BCUT2D eigenvalue weighted by molar-refractivity contribution is 5.89. The van der Waals surface area contributed by atoms with Gasteiger partial charge >= 0.3 is 5.97 Å². The molecule has 158 valence electrons. The van der Waals surface area contributed by atoms with Gasteiger partial charge in [0, 0.05) is 5.92 Å². The highest BCUT2D eigenvalue weighted by Gasteiger charge is 2.75. The van der Waals surface area contributed by atoms with Gasteiger partial charge in [0.1, 0.15) is 36.1 Å². The zero-order chi connectivity index (χ0) is 20.4. The van der Waals surface area contributed by atoms with E-state index >= 15 is 0 Å². The number of esters is 1. The van der Waals surface area contributed by atoms with E-state index in [1.807, 2.05) is 0 Å². The summed E-state index contributed by atoms with van der Waals surface area (Å²) in [5, 5.41) is 49.9. The lowest BCUT2D eigenvalue weighted by atomic mass is 9.81. The summed E-state index contributed by atoms with van der Waals surface area (Å²) in [7, 11) is 1.22. The lowest BCUT2D eigenvalue weighted by Gasteiger charge is -2.43. The molecule has 0 aromatic heterocycles. The van der Waals surface area contributed by atoms with Crippen LogP contribution in [0, 0.1) is 11.8 Å². The van der Waals surface area contributed by atoms with E-state index in [1.165, 1.54) is 7.11 Å². The number of methoxy groups -OCH3 is 1. The summed E-state index contributed by atoms with van der Waals surface area (Å²) < 4.78 is 27.0. The van der Waals surface area contributed by atoms with E-state index in [1.54, 1.807) is 6.92 Å². The van der Waals surface area contributed by atoms with E-state index in [4.69, 9.17) is 23.7 Å². The van der Waals surface area contributed by atoms with E-state index in [2.05, 4.69) is 0 Å². The lowest BCUT2D eigenvalue weighted by Crippen LogP contribution is -2.60. The molecule has 4 aliphatic rings. The average Bonchev–Trinajstić information content (AvgIpc) is 3.33. The van der Waals surface area contributed by atoms with Crippen LogP contribution in [0.1, 0.15) is 6.92 Å². The molecule has 11 atom stereocenters. The third-order valence-corrected chi connectivity index (χ3v) is 6.13. The Hall–Kier alpha value is -1.31. The maximum Gasteiger partial charge on any atom is 0.337 e. The van der Waals surface area contributed by atoms with Gasteiger partial charge in [-0.1, -0.05) is 0 Å². The summed E-state index contributed by atoms with van der Waals surface area (Å²) in [5.41, 5.74) is -0.679. The van der Waals surface area contributed by atoms with Crippen LogP contribution < -0.4 is 0 Å². The predicted octanol–water partition coefficient (Wildman–Crippen LogP) is -3.02. The molecule has 7 unspecified atom stereocenters. The number of aliphatic hydroxyl groups is 5. The van der Waals surface area contributed by atoms with Gasteiger partial charge < -0.3 is 49.2 Å². The molecule has 1 saturated carbocycles. The third-order valence-electron chi connectivity index (χ3n) is 6.13. The summed E-state index contributed by atoms with van der Waals surface area (Å²) >= 11 is 0. The number of aliphatic hydroxyl groups excluding tert-OH is 5. The molecular weight excluding hydrogens is 380 g/mol. The van der Waals surface area contributed by atoms with Crippen molar-refractivity contribution in [2.45, 2.75) is 61.7 Å². The number of ether oxygens (including phenoxy) is 5. The number of carbonyl (C=O) groups is 1. The van der Waals surface area contributed by atoms with Crippen LogP contribution in [0.25, 0.3) is 0 Å². The van der Waals surface area contributed by atoms with Crippen molar-refractivity contribution in [1.82, 2.24) is 0 Å². The Labute approximate surface area is 160 Å². The fraction of sp³-hybridized carbons (Fsp3) is 0.824. The summed E-state index contributed by atoms with van der Waals surface area (Å²) in [5.74, 6) is -1.95. The minimum atomic E-state index is -1.61. The van der Waals surface area contributed by atoms with Gasteiger partial charge in [0.15, 0.2) is 6.29 Å². The quantitative estimate of drug-likeness (QED) is 0.239. The van der Waals surface area contributed by atoms with Crippen LogP contribution in [0.2, 0.25) is 0 Å². The molecule has 28 heavy (non-hydrogen) atoms. The normalized spacial score (nSPS) is 52.2. The minimum absolute atomic E-state index is 0.144. The molecule has 3 aliphatic heterocycles. The van der Waals surface area contributed by atoms with Crippen LogP contribution in [-0.2, 0) is 28.5 Å². The van der Waals surface area contributed by atoms with E-state index in [-0.39, 0.29) is 5.57 Å². The highest BCUT2D eigenvalue weighted by Crippen LogP contribution is 2.61. The Kier molecular flexibility index (Phi) is 4.91. The molecule has 0 radical (unpaired) electrons. The molecule has 1 aliphatic carbocycles. The zero-order valence-corrected chi connectivity index (χ0v) is 15.2. The standard InChI is InChI=1S/C17H24O11/c1-17-8-7(10(20)13(17)28-17)5(14(23)24-2)4-25-15(8)27-16-12(22)11(21)9(19)6(3-18)26-16/h4,6-13,15-16,18-22H,3H2,1-2H3/t6?,7-,8-,9?,10?,11?,12?,13?,15?,16-,17+/m0/s1. The highest BCUT2D eigenvalue weighted by atomic mass is 16.8. The van der Waals surface area contributed by atoms with E-state index in [0.29, 0.717) is 0 Å². The van der Waals surface area contributed by atoms with Crippen molar-refractivity contribution >= 4 is 5.97 Å². The Balaban J connectivity index is 1.58. The molecule has 11 nitrogen and oxygen atoms in total. The molecule has 0 bridgehead atoms. The molecule has 11 heteroatoms. The second kappa shape index (κ2) is 6.89. The molecule has 0 spiro atoms. The Morgan fingerprint density at radius 2 is 1.86 bits per heavy atom. The van der Waals surface area contributed by atoms with Crippen molar-refractivity contribution < 1.29 is 54.0 Å². The average molecular weight is 404 g/mol. The fourth-order valence-electron chi connectivity index (χ4n) is 4.53. The van der Waals surface area contributed by atoms with Crippen LogP contribution >= 0.6 is 0 Å². The van der Waals surface area contributed by atoms with Gasteiger partial charge in [0.05, 0.1) is 37.6 Å².